The predicted molar refractivity (Wildman–Crippen MR) is 41.3 cm³/mol. The average molecular weight is 154 g/mol. The number of ether oxygens (including phenoxy) is 1. The maximum Gasteiger partial charge on any atom is 0.133 e. The Morgan fingerprint density at radius 3 is 2.91 bits per heavy atom. The van der Waals surface area contributed by atoms with Gasteiger partial charge in [0.2, 0.25) is 0 Å². The van der Waals surface area contributed by atoms with Crippen molar-refractivity contribution >= 4 is 5.78 Å². The Balaban J connectivity index is 1.98. The summed E-state index contributed by atoms with van der Waals surface area (Å²) in [4.78, 5) is 11.0. The maximum atomic E-state index is 11.0. The summed E-state index contributed by atoms with van der Waals surface area (Å²) in [5.41, 5.74) is 0.159. The summed E-state index contributed by atoms with van der Waals surface area (Å²) in [5.74, 6) is 0.623. The van der Waals surface area contributed by atoms with Crippen molar-refractivity contribution in [3.63, 3.8) is 0 Å². The lowest BCUT2D eigenvalue weighted by atomic mass is 9.81. The SMILES string of the molecule is CC(=O)[C@@H]1CC[C@@]2(C)O[C@@H]2C1. The van der Waals surface area contributed by atoms with Gasteiger partial charge in [-0.2, -0.15) is 0 Å². The topological polar surface area (TPSA) is 29.6 Å². The van der Waals surface area contributed by atoms with Crippen molar-refractivity contribution in [3.05, 3.63) is 0 Å². The Kier molecular flexibility index (Phi) is 1.37. The van der Waals surface area contributed by atoms with Crippen molar-refractivity contribution in [2.75, 3.05) is 0 Å². The Labute approximate surface area is 66.9 Å². The zero-order chi connectivity index (χ0) is 8.06. The summed E-state index contributed by atoms with van der Waals surface area (Å²) in [6, 6.07) is 0. The lowest BCUT2D eigenvalue weighted by molar-refractivity contribution is -0.121. The minimum atomic E-state index is 0.159. The molecule has 0 aromatic heterocycles. The molecule has 0 aromatic carbocycles. The van der Waals surface area contributed by atoms with Gasteiger partial charge in [-0.05, 0) is 33.1 Å². The van der Waals surface area contributed by atoms with Crippen molar-refractivity contribution in [1.29, 1.82) is 0 Å². The van der Waals surface area contributed by atoms with Crippen LogP contribution in [0, 0.1) is 5.92 Å². The molecule has 0 amide bonds. The molecule has 0 spiro atoms. The molecule has 0 N–H and O–H groups in total. The highest BCUT2D eigenvalue weighted by Crippen LogP contribution is 2.49. The molecule has 1 saturated carbocycles. The van der Waals surface area contributed by atoms with E-state index in [4.69, 9.17) is 4.74 Å². The molecule has 0 bridgehead atoms. The predicted octanol–water partition coefficient (Wildman–Crippen LogP) is 1.53. The molecule has 0 unspecified atom stereocenters. The van der Waals surface area contributed by atoms with Gasteiger partial charge in [-0.3, -0.25) is 4.79 Å². The Morgan fingerprint density at radius 2 is 2.36 bits per heavy atom. The summed E-state index contributed by atoms with van der Waals surface area (Å²) in [6.07, 6.45) is 3.46. The van der Waals surface area contributed by atoms with E-state index in [-0.39, 0.29) is 11.5 Å². The fourth-order valence-corrected chi connectivity index (χ4v) is 2.01. The van der Waals surface area contributed by atoms with E-state index in [0.29, 0.717) is 11.9 Å². The van der Waals surface area contributed by atoms with Crippen LogP contribution in [0.15, 0.2) is 0 Å². The van der Waals surface area contributed by atoms with E-state index >= 15 is 0 Å². The van der Waals surface area contributed by atoms with Crippen LogP contribution < -0.4 is 0 Å². The van der Waals surface area contributed by atoms with Crippen LogP contribution in [-0.4, -0.2) is 17.5 Å². The van der Waals surface area contributed by atoms with Crippen LogP contribution in [0.5, 0.6) is 0 Å². The van der Waals surface area contributed by atoms with Gasteiger partial charge in [0.05, 0.1) is 11.7 Å². The van der Waals surface area contributed by atoms with Crippen molar-refractivity contribution in [1.82, 2.24) is 0 Å². The number of hydrogen-bond donors (Lipinski definition) is 0. The van der Waals surface area contributed by atoms with Gasteiger partial charge in [0.25, 0.3) is 0 Å². The Hall–Kier alpha value is -0.370. The van der Waals surface area contributed by atoms with E-state index in [1.54, 1.807) is 6.92 Å². The third-order valence-electron chi connectivity index (χ3n) is 3.10. The van der Waals surface area contributed by atoms with Gasteiger partial charge in [-0.1, -0.05) is 0 Å². The van der Waals surface area contributed by atoms with Crippen LogP contribution in [-0.2, 0) is 9.53 Å². The van der Waals surface area contributed by atoms with Crippen LogP contribution in [0.1, 0.15) is 33.1 Å². The lowest BCUT2D eigenvalue weighted by Crippen LogP contribution is -2.25. The van der Waals surface area contributed by atoms with Gasteiger partial charge in [0, 0.05) is 5.92 Å². The molecule has 2 heteroatoms. The van der Waals surface area contributed by atoms with E-state index in [2.05, 4.69) is 6.92 Å². The van der Waals surface area contributed by atoms with Crippen molar-refractivity contribution in [3.8, 4) is 0 Å². The van der Waals surface area contributed by atoms with E-state index in [9.17, 15) is 4.79 Å². The Morgan fingerprint density at radius 1 is 1.64 bits per heavy atom. The molecule has 1 aliphatic heterocycles. The number of epoxide rings is 1. The molecule has 1 saturated heterocycles. The maximum absolute atomic E-state index is 11.0. The van der Waals surface area contributed by atoms with Gasteiger partial charge in [0.15, 0.2) is 0 Å². The molecule has 3 atom stereocenters. The lowest BCUT2D eigenvalue weighted by Gasteiger charge is -2.19. The summed E-state index contributed by atoms with van der Waals surface area (Å²) >= 11 is 0. The third-order valence-corrected chi connectivity index (χ3v) is 3.10. The smallest absolute Gasteiger partial charge is 0.133 e. The Bertz CT molecular complexity index is 200. The normalized spacial score (nSPS) is 48.2. The average Bonchev–Trinajstić information content (AvgIpc) is 2.58. The summed E-state index contributed by atoms with van der Waals surface area (Å²) in [6.45, 7) is 3.84. The van der Waals surface area contributed by atoms with Gasteiger partial charge in [0.1, 0.15) is 5.78 Å². The fourth-order valence-electron chi connectivity index (χ4n) is 2.01. The minimum Gasteiger partial charge on any atom is -0.366 e. The number of hydrogen-bond acceptors (Lipinski definition) is 2. The fraction of sp³-hybridized carbons (Fsp3) is 0.889. The molecular formula is C9H14O2. The van der Waals surface area contributed by atoms with E-state index in [1.807, 2.05) is 0 Å². The van der Waals surface area contributed by atoms with Crippen LogP contribution in [0.3, 0.4) is 0 Å². The summed E-state index contributed by atoms with van der Waals surface area (Å²) < 4.78 is 5.49. The van der Waals surface area contributed by atoms with Gasteiger partial charge < -0.3 is 4.74 Å². The van der Waals surface area contributed by atoms with Gasteiger partial charge in [-0.25, -0.2) is 0 Å². The zero-order valence-corrected chi connectivity index (χ0v) is 7.09. The number of Topliss-reactive ketones (excluding diaryl/α,β-unsaturated/α-hetero) is 1. The quantitative estimate of drug-likeness (QED) is 0.536. The molecule has 2 rings (SSSR count). The molecule has 1 aliphatic carbocycles. The largest absolute Gasteiger partial charge is 0.366 e. The monoisotopic (exact) mass is 154 g/mol. The number of carbonyl (C=O) groups excluding carboxylic acids is 1. The van der Waals surface area contributed by atoms with Crippen molar-refractivity contribution < 1.29 is 9.53 Å². The van der Waals surface area contributed by atoms with Crippen molar-refractivity contribution in [2.24, 2.45) is 5.92 Å². The van der Waals surface area contributed by atoms with Gasteiger partial charge in [-0.15, -0.1) is 0 Å². The zero-order valence-electron chi connectivity index (χ0n) is 7.09. The van der Waals surface area contributed by atoms with Crippen LogP contribution in [0.2, 0.25) is 0 Å². The second-order valence-corrected chi connectivity index (χ2v) is 4.00. The summed E-state index contributed by atoms with van der Waals surface area (Å²) in [7, 11) is 0. The van der Waals surface area contributed by atoms with Crippen LogP contribution >= 0.6 is 0 Å². The van der Waals surface area contributed by atoms with E-state index in [1.165, 1.54) is 0 Å². The number of carbonyl (C=O) groups is 1. The summed E-state index contributed by atoms with van der Waals surface area (Å²) in [5, 5.41) is 0. The molecule has 0 radical (unpaired) electrons. The minimum absolute atomic E-state index is 0.159. The first-order chi connectivity index (χ1) is 5.12. The highest BCUT2D eigenvalue weighted by molar-refractivity contribution is 5.78. The van der Waals surface area contributed by atoms with Crippen LogP contribution in [0.25, 0.3) is 0 Å². The van der Waals surface area contributed by atoms with Crippen molar-refractivity contribution in [2.45, 2.75) is 44.8 Å². The molecule has 62 valence electrons. The number of ketones is 1. The first-order valence-corrected chi connectivity index (χ1v) is 4.30. The van der Waals surface area contributed by atoms with E-state index < -0.39 is 0 Å². The highest BCUT2D eigenvalue weighted by Gasteiger charge is 2.55. The molecule has 2 fully saturated rings. The molecule has 2 aliphatic rings. The highest BCUT2D eigenvalue weighted by atomic mass is 16.6. The second kappa shape index (κ2) is 2.07. The first kappa shape index (κ1) is 7.29. The van der Waals surface area contributed by atoms with E-state index in [0.717, 1.165) is 19.3 Å². The molecular weight excluding hydrogens is 140 g/mol. The molecule has 0 aromatic rings. The molecule has 1 heterocycles. The first-order valence-electron chi connectivity index (χ1n) is 4.30. The standard InChI is InChI=1S/C9H14O2/c1-6(10)7-3-4-9(2)8(5-7)11-9/h7-8H,3-5H2,1-2H3/t7-,8-,9-/m1/s1. The number of rotatable bonds is 1. The van der Waals surface area contributed by atoms with Crippen LogP contribution in [0.4, 0.5) is 0 Å². The third kappa shape index (κ3) is 1.09. The second-order valence-electron chi connectivity index (χ2n) is 4.00. The van der Waals surface area contributed by atoms with Gasteiger partial charge >= 0.3 is 0 Å². The molecule has 11 heavy (non-hydrogen) atoms. The molecule has 2 nitrogen and oxygen atoms in total. The number of fused-ring (bicyclic) bond motifs is 1.